The number of thiocarbonyl (C=S) groups is 1. The lowest BCUT2D eigenvalue weighted by atomic mass is 10.2. The third-order valence-corrected chi connectivity index (χ3v) is 0.986. The van der Waals surface area contributed by atoms with E-state index in [1.807, 2.05) is 0 Å². The van der Waals surface area contributed by atoms with Gasteiger partial charge in [0.15, 0.2) is 0 Å². The molecule has 6 N–H and O–H groups in total. The Bertz CT molecular complexity index is 218. The first-order valence-electron chi connectivity index (χ1n) is 3.46. The van der Waals surface area contributed by atoms with E-state index in [0.717, 1.165) is 0 Å². The van der Waals surface area contributed by atoms with Gasteiger partial charge in [-0.1, -0.05) is 12.2 Å². The van der Waals surface area contributed by atoms with E-state index in [2.05, 4.69) is 24.8 Å². The summed E-state index contributed by atoms with van der Waals surface area (Å²) >= 11 is 7.65. The van der Waals surface area contributed by atoms with Crippen molar-refractivity contribution < 1.29 is 19.8 Å². The zero-order valence-corrected chi connectivity index (χ0v) is 8.92. The van der Waals surface area contributed by atoms with Gasteiger partial charge in [0.25, 0.3) is 0 Å². The van der Waals surface area contributed by atoms with Crippen molar-refractivity contribution in [3.8, 4) is 0 Å². The molecule has 14 heavy (non-hydrogen) atoms. The predicted molar refractivity (Wildman–Crippen MR) is 58.3 cm³/mol. The molecule has 0 bridgehead atoms. The SMILES string of the molecule is NC(=S)S.NC(CCC(=O)O)C(=O)O. The van der Waals surface area contributed by atoms with Crippen molar-refractivity contribution in [1.82, 2.24) is 0 Å². The Morgan fingerprint density at radius 3 is 2.00 bits per heavy atom. The quantitative estimate of drug-likeness (QED) is 0.329. The molecule has 0 aromatic rings. The monoisotopic (exact) mass is 240 g/mol. The van der Waals surface area contributed by atoms with Crippen LogP contribution in [-0.2, 0) is 9.59 Å². The van der Waals surface area contributed by atoms with Crippen LogP contribution in [0.5, 0.6) is 0 Å². The van der Waals surface area contributed by atoms with E-state index in [0.29, 0.717) is 0 Å². The highest BCUT2D eigenvalue weighted by molar-refractivity contribution is 8.10. The van der Waals surface area contributed by atoms with Gasteiger partial charge in [0.05, 0.1) is 0 Å². The molecular weight excluding hydrogens is 228 g/mol. The van der Waals surface area contributed by atoms with E-state index >= 15 is 0 Å². The molecule has 0 aliphatic carbocycles. The van der Waals surface area contributed by atoms with Crippen molar-refractivity contribution >= 4 is 41.1 Å². The highest BCUT2D eigenvalue weighted by Gasteiger charge is 2.12. The molecule has 0 spiro atoms. The van der Waals surface area contributed by atoms with Crippen LogP contribution in [0.3, 0.4) is 0 Å². The van der Waals surface area contributed by atoms with Crippen LogP contribution < -0.4 is 11.5 Å². The molecule has 0 fully saturated rings. The first-order chi connectivity index (χ1) is 6.27. The number of carbonyl (C=O) groups is 2. The van der Waals surface area contributed by atoms with Crippen LogP contribution in [0.15, 0.2) is 0 Å². The minimum Gasteiger partial charge on any atom is -0.481 e. The lowest BCUT2D eigenvalue weighted by Gasteiger charge is -2.01. The van der Waals surface area contributed by atoms with Crippen LogP contribution >= 0.6 is 24.8 Å². The maximum Gasteiger partial charge on any atom is 0.320 e. The summed E-state index contributed by atoms with van der Waals surface area (Å²) in [5, 5.41) is 16.3. The number of aliphatic carboxylic acids is 2. The van der Waals surface area contributed by atoms with Gasteiger partial charge in [0.1, 0.15) is 10.4 Å². The first kappa shape index (κ1) is 15.6. The zero-order valence-electron chi connectivity index (χ0n) is 7.21. The molecule has 82 valence electrons. The number of nitrogens with two attached hydrogens (primary N) is 2. The third-order valence-electron chi connectivity index (χ3n) is 0.986. The van der Waals surface area contributed by atoms with Crippen molar-refractivity contribution in [2.24, 2.45) is 11.5 Å². The van der Waals surface area contributed by atoms with Gasteiger partial charge in [-0.2, -0.15) is 0 Å². The number of hydrogen-bond acceptors (Lipinski definition) is 4. The minimum atomic E-state index is -1.17. The van der Waals surface area contributed by atoms with Crippen LogP contribution in [0.25, 0.3) is 0 Å². The van der Waals surface area contributed by atoms with Crippen molar-refractivity contribution in [1.29, 1.82) is 0 Å². The van der Waals surface area contributed by atoms with E-state index < -0.39 is 18.0 Å². The maximum atomic E-state index is 9.99. The van der Waals surface area contributed by atoms with E-state index in [4.69, 9.17) is 21.7 Å². The minimum absolute atomic E-state index is 0.0231. The number of carboxylic acid groups (broad SMARTS) is 2. The average Bonchev–Trinajstić information content (AvgIpc) is 1.98. The summed E-state index contributed by atoms with van der Waals surface area (Å²) in [5.41, 5.74) is 9.71. The summed E-state index contributed by atoms with van der Waals surface area (Å²) in [7, 11) is 0. The van der Waals surface area contributed by atoms with E-state index in [9.17, 15) is 9.59 Å². The fraction of sp³-hybridized carbons (Fsp3) is 0.500. The maximum absolute atomic E-state index is 9.99. The molecule has 1 unspecified atom stereocenters. The molecule has 0 aliphatic heterocycles. The Morgan fingerprint density at radius 1 is 1.43 bits per heavy atom. The summed E-state index contributed by atoms with van der Waals surface area (Å²) in [6.45, 7) is 0. The molecular formula is C6H12N2O4S2. The number of rotatable bonds is 4. The second-order valence-corrected chi connectivity index (χ2v) is 3.44. The van der Waals surface area contributed by atoms with Gasteiger partial charge in [-0.25, -0.2) is 0 Å². The van der Waals surface area contributed by atoms with Crippen LogP contribution in [0, 0.1) is 0 Å². The topological polar surface area (TPSA) is 127 Å². The Labute approximate surface area is 91.7 Å². The van der Waals surface area contributed by atoms with E-state index in [1.165, 1.54) is 0 Å². The lowest BCUT2D eigenvalue weighted by Crippen LogP contribution is -2.30. The smallest absolute Gasteiger partial charge is 0.320 e. The highest BCUT2D eigenvalue weighted by Crippen LogP contribution is 1.93. The Hall–Kier alpha value is -0.860. The van der Waals surface area contributed by atoms with Gasteiger partial charge in [-0.15, -0.1) is 12.6 Å². The number of hydrogen-bond donors (Lipinski definition) is 5. The molecule has 8 heteroatoms. The van der Waals surface area contributed by atoms with Crippen LogP contribution in [0.4, 0.5) is 0 Å². The summed E-state index contributed by atoms with van der Waals surface area (Å²) < 4.78 is 0.194. The fourth-order valence-electron chi connectivity index (χ4n) is 0.402. The fourth-order valence-corrected chi connectivity index (χ4v) is 0.402. The molecule has 0 aromatic carbocycles. The summed E-state index contributed by atoms with van der Waals surface area (Å²) in [5.74, 6) is -2.20. The standard InChI is InChI=1S/C5H9NO4.CH3NS2/c6-3(5(9)10)1-2-4(7)8;2-1(3)4/h3H,1-2,6H2,(H,7,8)(H,9,10);(H3,2,3,4). The zero-order chi connectivity index (χ0) is 11.7. The summed E-state index contributed by atoms with van der Waals surface area (Å²) in [6.07, 6.45) is -0.224. The molecule has 0 saturated heterocycles. The second kappa shape index (κ2) is 8.73. The predicted octanol–water partition coefficient (Wildman–Crippen LogP) is -0.577. The van der Waals surface area contributed by atoms with Gasteiger partial charge in [-0.3, -0.25) is 9.59 Å². The molecule has 0 rings (SSSR count). The Kier molecular flexibility index (Phi) is 9.73. The van der Waals surface area contributed by atoms with Gasteiger partial charge in [0.2, 0.25) is 0 Å². The van der Waals surface area contributed by atoms with Crippen LogP contribution in [0.2, 0.25) is 0 Å². The van der Waals surface area contributed by atoms with E-state index in [1.54, 1.807) is 0 Å². The molecule has 1 atom stereocenters. The molecule has 6 nitrogen and oxygen atoms in total. The Morgan fingerprint density at radius 2 is 1.79 bits per heavy atom. The summed E-state index contributed by atoms with van der Waals surface area (Å²) in [6, 6.07) is -1.06. The van der Waals surface area contributed by atoms with Crippen LogP contribution in [0.1, 0.15) is 12.8 Å². The second-order valence-electron chi connectivity index (χ2n) is 2.22. The van der Waals surface area contributed by atoms with Gasteiger partial charge < -0.3 is 21.7 Å². The average molecular weight is 240 g/mol. The first-order valence-corrected chi connectivity index (χ1v) is 4.31. The van der Waals surface area contributed by atoms with Crippen molar-refractivity contribution in [2.75, 3.05) is 0 Å². The summed E-state index contributed by atoms with van der Waals surface area (Å²) in [4.78, 5) is 19.9. The molecule has 0 heterocycles. The lowest BCUT2D eigenvalue weighted by molar-refractivity contribution is -0.139. The molecule has 0 radical (unpaired) electrons. The normalized spacial score (nSPS) is 10.7. The third kappa shape index (κ3) is 17.3. The molecule has 0 aliphatic rings. The number of carboxylic acids is 2. The van der Waals surface area contributed by atoms with Gasteiger partial charge in [0, 0.05) is 6.42 Å². The Balaban J connectivity index is 0. The van der Waals surface area contributed by atoms with Crippen molar-refractivity contribution in [3.63, 3.8) is 0 Å². The molecule has 0 saturated carbocycles. The molecule has 0 amide bonds. The van der Waals surface area contributed by atoms with Crippen LogP contribution in [-0.4, -0.2) is 32.5 Å². The van der Waals surface area contributed by atoms with E-state index in [-0.39, 0.29) is 17.2 Å². The highest BCUT2D eigenvalue weighted by atomic mass is 32.1. The largest absolute Gasteiger partial charge is 0.481 e. The van der Waals surface area contributed by atoms with Crippen molar-refractivity contribution in [2.45, 2.75) is 18.9 Å². The van der Waals surface area contributed by atoms with Crippen molar-refractivity contribution in [3.05, 3.63) is 0 Å². The van der Waals surface area contributed by atoms with Gasteiger partial charge >= 0.3 is 11.9 Å². The number of thiol groups is 1. The van der Waals surface area contributed by atoms with Gasteiger partial charge in [-0.05, 0) is 6.42 Å². The molecule has 0 aromatic heterocycles.